The fourth-order valence-electron chi connectivity index (χ4n) is 2.84. The van der Waals surface area contributed by atoms with E-state index in [4.69, 9.17) is 4.74 Å². The number of piperazine rings is 1. The largest absolute Gasteiger partial charge is 0.494 e. The molecule has 3 rings (SSSR count). The van der Waals surface area contributed by atoms with Gasteiger partial charge in [0.1, 0.15) is 0 Å². The standard InChI is InChI=1S/C16H19FN2OS.ClH/c1-20-15-3-2-12(10-14(15)17)16(13-4-9-21-11-13)19-7-5-18-6-8-19;/h2-4,9-11,16,18H,5-8H2,1H3;1H/t16-;/m1./s1. The highest BCUT2D eigenvalue weighted by Crippen LogP contribution is 2.32. The molecule has 2 heterocycles. The predicted octanol–water partition coefficient (Wildman–Crippen LogP) is 3.31. The highest BCUT2D eigenvalue weighted by atomic mass is 35.5. The number of rotatable bonds is 4. The Morgan fingerprint density at radius 1 is 1.23 bits per heavy atom. The van der Waals surface area contributed by atoms with Gasteiger partial charge in [0.15, 0.2) is 11.6 Å². The second-order valence-corrected chi connectivity index (χ2v) is 5.92. The molecule has 1 aromatic carbocycles. The quantitative estimate of drug-likeness (QED) is 0.922. The Hall–Kier alpha value is -1.14. The molecule has 0 saturated carbocycles. The van der Waals surface area contributed by atoms with Crippen molar-refractivity contribution in [3.63, 3.8) is 0 Å². The Kier molecular flexibility index (Phi) is 6.20. The maximum atomic E-state index is 14.1. The Labute approximate surface area is 140 Å². The van der Waals surface area contributed by atoms with E-state index < -0.39 is 0 Å². The molecule has 1 atom stereocenters. The van der Waals surface area contributed by atoms with Crippen molar-refractivity contribution >= 4 is 23.7 Å². The van der Waals surface area contributed by atoms with E-state index in [2.05, 4.69) is 27.0 Å². The van der Waals surface area contributed by atoms with Crippen molar-refractivity contribution in [2.75, 3.05) is 33.3 Å². The van der Waals surface area contributed by atoms with Crippen LogP contribution in [0.2, 0.25) is 0 Å². The van der Waals surface area contributed by atoms with Gasteiger partial charge < -0.3 is 10.1 Å². The summed E-state index contributed by atoms with van der Waals surface area (Å²) >= 11 is 1.68. The molecular formula is C16H20ClFN2OS. The number of methoxy groups -OCH3 is 1. The number of nitrogens with zero attached hydrogens (tertiary/aromatic N) is 1. The summed E-state index contributed by atoms with van der Waals surface area (Å²) in [5.74, 6) is -0.00602. The Morgan fingerprint density at radius 3 is 2.59 bits per heavy atom. The molecule has 22 heavy (non-hydrogen) atoms. The fraction of sp³-hybridized carbons (Fsp3) is 0.375. The average molecular weight is 343 g/mol. The minimum absolute atomic E-state index is 0. The van der Waals surface area contributed by atoms with Crippen molar-refractivity contribution in [1.82, 2.24) is 10.2 Å². The smallest absolute Gasteiger partial charge is 0.165 e. The van der Waals surface area contributed by atoms with E-state index >= 15 is 0 Å². The van der Waals surface area contributed by atoms with Crippen molar-refractivity contribution in [3.05, 3.63) is 52.0 Å². The van der Waals surface area contributed by atoms with E-state index in [0.717, 1.165) is 31.7 Å². The lowest BCUT2D eigenvalue weighted by Crippen LogP contribution is -2.45. The van der Waals surface area contributed by atoms with Crippen LogP contribution in [0.3, 0.4) is 0 Å². The first kappa shape index (κ1) is 17.2. The van der Waals surface area contributed by atoms with Crippen LogP contribution in [0.4, 0.5) is 4.39 Å². The van der Waals surface area contributed by atoms with Gasteiger partial charge in [-0.15, -0.1) is 12.4 Å². The SMILES string of the molecule is COc1ccc([C@H](c2ccsc2)N2CCNCC2)cc1F.Cl. The minimum Gasteiger partial charge on any atom is -0.494 e. The normalized spacial score (nSPS) is 16.8. The molecule has 0 radical (unpaired) electrons. The first-order valence-electron chi connectivity index (χ1n) is 7.10. The van der Waals surface area contributed by atoms with Crippen LogP contribution in [0.25, 0.3) is 0 Å². The monoisotopic (exact) mass is 342 g/mol. The van der Waals surface area contributed by atoms with Crippen LogP contribution in [0, 0.1) is 5.82 Å². The van der Waals surface area contributed by atoms with Gasteiger partial charge in [-0.25, -0.2) is 4.39 Å². The van der Waals surface area contributed by atoms with Crippen molar-refractivity contribution in [2.24, 2.45) is 0 Å². The molecule has 0 aliphatic carbocycles. The molecule has 1 saturated heterocycles. The third-order valence-electron chi connectivity index (χ3n) is 3.87. The molecule has 120 valence electrons. The molecule has 1 fully saturated rings. The highest BCUT2D eigenvalue weighted by molar-refractivity contribution is 7.08. The molecule has 1 aliphatic rings. The molecule has 0 amide bonds. The summed E-state index contributed by atoms with van der Waals surface area (Å²) < 4.78 is 19.1. The van der Waals surface area contributed by atoms with Gasteiger partial charge in [0.25, 0.3) is 0 Å². The van der Waals surface area contributed by atoms with Crippen LogP contribution in [0.15, 0.2) is 35.0 Å². The highest BCUT2D eigenvalue weighted by Gasteiger charge is 2.25. The van der Waals surface area contributed by atoms with Gasteiger partial charge in [-0.2, -0.15) is 11.3 Å². The van der Waals surface area contributed by atoms with E-state index in [1.807, 2.05) is 6.07 Å². The summed E-state index contributed by atoms with van der Waals surface area (Å²) in [5, 5.41) is 7.58. The Balaban J connectivity index is 0.00000176. The second-order valence-electron chi connectivity index (χ2n) is 5.14. The maximum Gasteiger partial charge on any atom is 0.165 e. The summed E-state index contributed by atoms with van der Waals surface area (Å²) in [6.07, 6.45) is 0. The first-order valence-corrected chi connectivity index (χ1v) is 8.04. The zero-order valence-corrected chi connectivity index (χ0v) is 14.1. The summed E-state index contributed by atoms with van der Waals surface area (Å²) in [6.45, 7) is 3.88. The summed E-state index contributed by atoms with van der Waals surface area (Å²) in [5.41, 5.74) is 2.21. The molecular weight excluding hydrogens is 323 g/mol. The fourth-order valence-corrected chi connectivity index (χ4v) is 3.52. The van der Waals surface area contributed by atoms with Crippen LogP contribution < -0.4 is 10.1 Å². The topological polar surface area (TPSA) is 24.5 Å². The van der Waals surface area contributed by atoms with Gasteiger partial charge >= 0.3 is 0 Å². The number of ether oxygens (including phenoxy) is 1. The molecule has 1 aliphatic heterocycles. The van der Waals surface area contributed by atoms with E-state index in [-0.39, 0.29) is 24.3 Å². The minimum atomic E-state index is -0.301. The lowest BCUT2D eigenvalue weighted by atomic mass is 9.98. The van der Waals surface area contributed by atoms with Gasteiger partial charge in [0, 0.05) is 26.2 Å². The number of hydrogen-bond donors (Lipinski definition) is 1. The molecule has 1 aromatic heterocycles. The number of benzene rings is 1. The molecule has 1 N–H and O–H groups in total. The van der Waals surface area contributed by atoms with E-state index in [9.17, 15) is 4.39 Å². The van der Waals surface area contributed by atoms with Crippen LogP contribution in [-0.4, -0.2) is 38.2 Å². The van der Waals surface area contributed by atoms with Gasteiger partial charge in [-0.1, -0.05) is 6.07 Å². The van der Waals surface area contributed by atoms with Gasteiger partial charge in [-0.05, 0) is 40.1 Å². The van der Waals surface area contributed by atoms with Gasteiger partial charge in [0.05, 0.1) is 13.2 Å². The van der Waals surface area contributed by atoms with Gasteiger partial charge in [0.2, 0.25) is 0 Å². The Bertz CT molecular complexity index is 588. The van der Waals surface area contributed by atoms with E-state index in [1.54, 1.807) is 23.5 Å². The predicted molar refractivity (Wildman–Crippen MR) is 90.8 cm³/mol. The summed E-state index contributed by atoms with van der Waals surface area (Å²) in [6, 6.07) is 7.51. The number of hydrogen-bond acceptors (Lipinski definition) is 4. The molecule has 6 heteroatoms. The number of halogens is 2. The second kappa shape index (κ2) is 7.92. The first-order chi connectivity index (χ1) is 10.3. The zero-order valence-electron chi connectivity index (χ0n) is 12.4. The lowest BCUT2D eigenvalue weighted by Gasteiger charge is -2.35. The van der Waals surface area contributed by atoms with Gasteiger partial charge in [-0.3, -0.25) is 4.90 Å². The van der Waals surface area contributed by atoms with E-state index in [1.165, 1.54) is 12.7 Å². The molecule has 0 spiro atoms. The van der Waals surface area contributed by atoms with Crippen LogP contribution in [0.1, 0.15) is 17.2 Å². The number of nitrogens with one attached hydrogen (secondary N) is 1. The summed E-state index contributed by atoms with van der Waals surface area (Å²) in [7, 11) is 1.49. The molecule has 0 unspecified atom stereocenters. The molecule has 3 nitrogen and oxygen atoms in total. The maximum absolute atomic E-state index is 14.1. The summed E-state index contributed by atoms with van der Waals surface area (Å²) in [4.78, 5) is 2.40. The van der Waals surface area contributed by atoms with Crippen molar-refractivity contribution < 1.29 is 9.13 Å². The third-order valence-corrected chi connectivity index (χ3v) is 4.57. The molecule has 2 aromatic rings. The Morgan fingerprint density at radius 2 is 2.00 bits per heavy atom. The van der Waals surface area contributed by atoms with E-state index in [0.29, 0.717) is 5.75 Å². The number of thiophene rings is 1. The van der Waals surface area contributed by atoms with Crippen molar-refractivity contribution in [3.8, 4) is 5.75 Å². The van der Waals surface area contributed by atoms with Crippen LogP contribution >= 0.6 is 23.7 Å². The zero-order chi connectivity index (χ0) is 14.7. The van der Waals surface area contributed by atoms with Crippen LogP contribution in [0.5, 0.6) is 5.75 Å². The van der Waals surface area contributed by atoms with Crippen molar-refractivity contribution in [1.29, 1.82) is 0 Å². The average Bonchev–Trinajstić information content (AvgIpc) is 3.03. The van der Waals surface area contributed by atoms with Crippen LogP contribution in [-0.2, 0) is 0 Å². The third kappa shape index (κ3) is 3.60. The van der Waals surface area contributed by atoms with Crippen molar-refractivity contribution in [2.45, 2.75) is 6.04 Å². The lowest BCUT2D eigenvalue weighted by molar-refractivity contribution is 0.198. The molecule has 0 bridgehead atoms.